The average molecular weight is 471 g/mol. The Labute approximate surface area is 196 Å². The number of halogens is 2. The molecule has 0 unspecified atom stereocenters. The summed E-state index contributed by atoms with van der Waals surface area (Å²) in [5, 5.41) is 10.7. The minimum atomic E-state index is -0.881. The molecule has 6 rings (SSSR count). The van der Waals surface area contributed by atoms with Gasteiger partial charge in [0.15, 0.2) is 11.6 Å². The largest absolute Gasteiger partial charge is 0.410 e. The van der Waals surface area contributed by atoms with Crippen molar-refractivity contribution >= 4 is 33.6 Å². The molecular weight excluding hydrogens is 454 g/mol. The highest BCUT2D eigenvalue weighted by Gasteiger charge is 2.18. The van der Waals surface area contributed by atoms with Crippen LogP contribution in [0.2, 0.25) is 0 Å². The topological polar surface area (TPSA) is 67.6 Å². The number of aromatic nitrogens is 4. The Morgan fingerprint density at radius 2 is 1.65 bits per heavy atom. The first kappa shape index (κ1) is 20.6. The lowest BCUT2D eigenvalue weighted by Crippen LogP contribution is -1.90. The molecule has 8 heteroatoms. The lowest BCUT2D eigenvalue weighted by Gasteiger charge is -2.05. The highest BCUT2D eigenvalue weighted by atomic mass is 32.2. The number of H-pyrrole nitrogens is 1. The van der Waals surface area contributed by atoms with Crippen LogP contribution >= 0.6 is 11.8 Å². The number of aromatic amines is 1. The summed E-state index contributed by atoms with van der Waals surface area (Å²) >= 11 is 1.25. The molecule has 0 saturated carbocycles. The second kappa shape index (κ2) is 8.39. The second-order valence-electron chi connectivity index (χ2n) is 7.73. The Morgan fingerprint density at radius 1 is 0.824 bits per heavy atom. The fourth-order valence-electron chi connectivity index (χ4n) is 3.91. The zero-order valence-corrected chi connectivity index (χ0v) is 18.4. The Balaban J connectivity index is 1.39. The number of rotatable bonds is 5. The molecule has 3 heterocycles. The van der Waals surface area contributed by atoms with Gasteiger partial charge in [-0.15, -0.1) is 10.2 Å². The lowest BCUT2D eigenvalue weighted by atomic mass is 10.1. The Kier molecular flexibility index (Phi) is 5.07. The summed E-state index contributed by atoms with van der Waals surface area (Å²) in [6.07, 6.45) is 0. The zero-order chi connectivity index (χ0) is 23.1. The van der Waals surface area contributed by atoms with Crippen LogP contribution in [0.4, 0.5) is 8.78 Å². The van der Waals surface area contributed by atoms with Gasteiger partial charge in [-0.1, -0.05) is 66.4 Å². The molecule has 6 aromatic rings. The van der Waals surface area contributed by atoms with Crippen LogP contribution in [0.25, 0.3) is 44.6 Å². The van der Waals surface area contributed by atoms with Gasteiger partial charge in [-0.3, -0.25) is 0 Å². The van der Waals surface area contributed by atoms with Crippen molar-refractivity contribution in [1.82, 2.24) is 20.2 Å². The van der Waals surface area contributed by atoms with Crippen molar-refractivity contribution < 1.29 is 13.2 Å². The first-order valence-electron chi connectivity index (χ1n) is 10.5. The van der Waals surface area contributed by atoms with Crippen LogP contribution in [-0.2, 0) is 5.75 Å². The van der Waals surface area contributed by atoms with Crippen molar-refractivity contribution in [1.29, 1.82) is 0 Å². The maximum absolute atomic E-state index is 13.5. The van der Waals surface area contributed by atoms with Gasteiger partial charge < -0.3 is 9.40 Å². The summed E-state index contributed by atoms with van der Waals surface area (Å²) in [6, 6.07) is 23.7. The Morgan fingerprint density at radius 3 is 2.50 bits per heavy atom. The van der Waals surface area contributed by atoms with E-state index in [9.17, 15) is 8.78 Å². The van der Waals surface area contributed by atoms with Crippen LogP contribution in [0.15, 0.2) is 88.5 Å². The Hall–Kier alpha value is -4.04. The van der Waals surface area contributed by atoms with Gasteiger partial charge in [0.05, 0.1) is 11.2 Å². The van der Waals surface area contributed by atoms with Crippen LogP contribution < -0.4 is 0 Å². The van der Waals surface area contributed by atoms with Crippen molar-refractivity contribution in [2.45, 2.75) is 11.0 Å². The highest BCUT2D eigenvalue weighted by Crippen LogP contribution is 2.35. The summed E-state index contributed by atoms with van der Waals surface area (Å²) in [5.74, 6) is -1.10. The second-order valence-corrected chi connectivity index (χ2v) is 8.65. The molecule has 0 fully saturated rings. The molecule has 0 radical (unpaired) electrons. The zero-order valence-electron chi connectivity index (χ0n) is 17.6. The predicted molar refractivity (Wildman–Crippen MR) is 128 cm³/mol. The molecule has 0 amide bonds. The molecule has 1 N–H and O–H groups in total. The maximum atomic E-state index is 13.5. The monoisotopic (exact) mass is 470 g/mol. The quantitative estimate of drug-likeness (QED) is 0.275. The van der Waals surface area contributed by atoms with E-state index in [2.05, 4.69) is 21.2 Å². The molecule has 5 nitrogen and oxygen atoms in total. The van der Waals surface area contributed by atoms with Crippen LogP contribution in [0.1, 0.15) is 5.56 Å². The van der Waals surface area contributed by atoms with Gasteiger partial charge in [-0.25, -0.2) is 13.8 Å². The van der Waals surface area contributed by atoms with Crippen LogP contribution in [-0.4, -0.2) is 20.2 Å². The summed E-state index contributed by atoms with van der Waals surface area (Å²) in [5.41, 5.74) is 4.88. The first-order valence-corrected chi connectivity index (χ1v) is 11.5. The molecule has 3 aromatic heterocycles. The first-order chi connectivity index (χ1) is 16.7. The standard InChI is InChI=1S/C26H16F2N4OS/c27-19-11-10-15(12-20(19)28)14-34-26-32-31-25(33-26)22-13-18-17-8-4-5-9-21(17)29-24(18)23(30-22)16-6-2-1-3-7-16/h1-13,29H,14H2. The van der Waals surface area contributed by atoms with Crippen molar-refractivity contribution in [2.24, 2.45) is 0 Å². The molecule has 0 aliphatic rings. The number of benzene rings is 3. The van der Waals surface area contributed by atoms with E-state index in [-0.39, 0.29) is 5.89 Å². The van der Waals surface area contributed by atoms with Crippen LogP contribution in [0.3, 0.4) is 0 Å². The third-order valence-electron chi connectivity index (χ3n) is 5.52. The molecule has 0 saturated heterocycles. The van der Waals surface area contributed by atoms with Crippen molar-refractivity contribution in [3.05, 3.63) is 96.1 Å². The maximum Gasteiger partial charge on any atom is 0.277 e. The fraction of sp³-hybridized carbons (Fsp3) is 0.0385. The summed E-state index contributed by atoms with van der Waals surface area (Å²) in [7, 11) is 0. The number of hydrogen-bond donors (Lipinski definition) is 1. The van der Waals surface area contributed by atoms with E-state index in [4.69, 9.17) is 9.40 Å². The van der Waals surface area contributed by atoms with E-state index in [1.54, 1.807) is 0 Å². The van der Waals surface area contributed by atoms with Gasteiger partial charge in [0.1, 0.15) is 5.69 Å². The minimum absolute atomic E-state index is 0.289. The molecule has 0 aliphatic heterocycles. The molecule has 0 aliphatic carbocycles. The third-order valence-corrected chi connectivity index (χ3v) is 6.41. The molecule has 0 spiro atoms. The number of pyridine rings is 1. The third kappa shape index (κ3) is 3.72. The van der Waals surface area contributed by atoms with Gasteiger partial charge in [-0.2, -0.15) is 0 Å². The summed E-state index contributed by atoms with van der Waals surface area (Å²) < 4.78 is 32.5. The summed E-state index contributed by atoms with van der Waals surface area (Å²) in [4.78, 5) is 8.35. The van der Waals surface area contributed by atoms with Gasteiger partial charge in [0.25, 0.3) is 11.1 Å². The van der Waals surface area contributed by atoms with Crippen LogP contribution in [0.5, 0.6) is 0 Å². The van der Waals surface area contributed by atoms with E-state index in [0.29, 0.717) is 22.2 Å². The van der Waals surface area contributed by atoms with E-state index in [1.165, 1.54) is 17.8 Å². The van der Waals surface area contributed by atoms with E-state index >= 15 is 0 Å². The molecule has 34 heavy (non-hydrogen) atoms. The SMILES string of the molecule is Fc1ccc(CSc2nnc(-c3cc4c([nH]c5ccccc54)c(-c4ccccc4)n3)o2)cc1F. The lowest BCUT2D eigenvalue weighted by molar-refractivity contribution is 0.464. The number of para-hydroxylation sites is 1. The number of nitrogens with zero attached hydrogens (tertiary/aromatic N) is 3. The van der Waals surface area contributed by atoms with Crippen molar-refractivity contribution in [2.75, 3.05) is 0 Å². The number of hydrogen-bond acceptors (Lipinski definition) is 5. The smallest absolute Gasteiger partial charge is 0.277 e. The van der Waals surface area contributed by atoms with Gasteiger partial charge in [0.2, 0.25) is 0 Å². The average Bonchev–Trinajstić information content (AvgIpc) is 3.49. The van der Waals surface area contributed by atoms with Crippen LogP contribution in [0, 0.1) is 11.6 Å². The Bertz CT molecular complexity index is 1650. The van der Waals surface area contributed by atoms with E-state index < -0.39 is 11.6 Å². The number of thioether (sulfide) groups is 1. The number of nitrogens with one attached hydrogen (secondary N) is 1. The minimum Gasteiger partial charge on any atom is -0.410 e. The van der Waals surface area contributed by atoms with Gasteiger partial charge >= 0.3 is 0 Å². The molecule has 0 atom stereocenters. The molecule has 0 bridgehead atoms. The molecular formula is C26H16F2N4OS. The molecule has 3 aromatic carbocycles. The predicted octanol–water partition coefficient (Wildman–Crippen LogP) is 7.00. The fourth-order valence-corrected chi connectivity index (χ4v) is 4.61. The normalized spacial score (nSPS) is 11.5. The molecule has 166 valence electrons. The van der Waals surface area contributed by atoms with E-state index in [0.717, 1.165) is 45.2 Å². The van der Waals surface area contributed by atoms with Gasteiger partial charge in [0, 0.05) is 27.6 Å². The van der Waals surface area contributed by atoms with Crippen molar-refractivity contribution in [3.8, 4) is 22.8 Å². The van der Waals surface area contributed by atoms with Gasteiger partial charge in [-0.05, 0) is 29.8 Å². The number of fused-ring (bicyclic) bond motifs is 3. The summed E-state index contributed by atoms with van der Waals surface area (Å²) in [6.45, 7) is 0. The van der Waals surface area contributed by atoms with Crippen molar-refractivity contribution in [3.63, 3.8) is 0 Å². The van der Waals surface area contributed by atoms with E-state index in [1.807, 2.05) is 54.6 Å². The highest BCUT2D eigenvalue weighted by molar-refractivity contribution is 7.98.